The van der Waals surface area contributed by atoms with E-state index >= 15 is 0 Å². The first-order valence-electron chi connectivity index (χ1n) is 10.5. The van der Waals surface area contributed by atoms with E-state index in [0.29, 0.717) is 26.3 Å². The summed E-state index contributed by atoms with van der Waals surface area (Å²) < 4.78 is 69.3. The number of pyridine rings is 1. The van der Waals surface area contributed by atoms with Crippen molar-refractivity contribution in [3.63, 3.8) is 0 Å². The van der Waals surface area contributed by atoms with Crippen molar-refractivity contribution in [2.24, 2.45) is 5.92 Å². The van der Waals surface area contributed by atoms with Crippen molar-refractivity contribution in [2.45, 2.75) is 44.3 Å². The van der Waals surface area contributed by atoms with Crippen LogP contribution in [0.2, 0.25) is 0 Å². The van der Waals surface area contributed by atoms with E-state index in [1.165, 1.54) is 0 Å². The molecular formula is C19H24F5N5O4. The molecule has 2 fully saturated rings. The number of halogens is 5. The highest BCUT2D eigenvalue weighted by molar-refractivity contribution is 6.00. The number of carbonyl (C=O) groups is 1. The first-order chi connectivity index (χ1) is 15.6. The maximum Gasteiger partial charge on any atom is 0.391 e. The van der Waals surface area contributed by atoms with Crippen LogP contribution in [-0.2, 0) is 4.74 Å². The number of amides is 1. The number of nitrogens with one attached hydrogen (secondary N) is 2. The molecular weight excluding hydrogens is 457 g/mol. The monoisotopic (exact) mass is 481 g/mol. The van der Waals surface area contributed by atoms with Gasteiger partial charge in [-0.15, -0.1) is 0 Å². The van der Waals surface area contributed by atoms with Crippen LogP contribution in [0.25, 0.3) is 0 Å². The van der Waals surface area contributed by atoms with Gasteiger partial charge in [0, 0.05) is 25.2 Å². The van der Waals surface area contributed by atoms with Gasteiger partial charge in [0.1, 0.15) is 5.82 Å². The summed E-state index contributed by atoms with van der Waals surface area (Å²) in [4.78, 5) is 29.5. The van der Waals surface area contributed by atoms with E-state index in [0.717, 1.165) is 6.07 Å². The Morgan fingerprint density at radius 2 is 1.88 bits per heavy atom. The SMILES string of the molecule is O=C(NC1CCC(C(F)(F)F)CC1)c1cc([N+](=O)[O-])c(NCC(F)F)nc1N1CCOCC1. The summed E-state index contributed by atoms with van der Waals surface area (Å²) in [7, 11) is 0. The molecule has 9 nitrogen and oxygen atoms in total. The molecule has 0 radical (unpaired) electrons. The molecule has 0 spiro atoms. The number of rotatable bonds is 7. The normalized spacial score (nSPS) is 21.7. The minimum Gasteiger partial charge on any atom is -0.378 e. The molecule has 2 N–H and O–H groups in total. The van der Waals surface area contributed by atoms with Crippen molar-refractivity contribution in [3.8, 4) is 0 Å². The fourth-order valence-electron chi connectivity index (χ4n) is 3.95. The van der Waals surface area contributed by atoms with Crippen molar-refractivity contribution in [3.05, 3.63) is 21.7 Å². The summed E-state index contributed by atoms with van der Waals surface area (Å²) >= 11 is 0. The number of nitro groups is 1. The van der Waals surface area contributed by atoms with Gasteiger partial charge in [-0.1, -0.05) is 0 Å². The molecule has 1 aliphatic heterocycles. The van der Waals surface area contributed by atoms with E-state index in [-0.39, 0.29) is 37.1 Å². The number of carbonyl (C=O) groups excluding carboxylic acids is 1. The summed E-state index contributed by atoms with van der Waals surface area (Å²) in [5.74, 6) is -2.48. The molecule has 33 heavy (non-hydrogen) atoms. The number of alkyl halides is 5. The largest absolute Gasteiger partial charge is 0.391 e. The smallest absolute Gasteiger partial charge is 0.378 e. The minimum atomic E-state index is -4.29. The molecule has 1 aromatic rings. The van der Waals surface area contributed by atoms with E-state index < -0.39 is 53.4 Å². The van der Waals surface area contributed by atoms with E-state index in [1.54, 1.807) is 4.90 Å². The highest BCUT2D eigenvalue weighted by Gasteiger charge is 2.41. The Kier molecular flexibility index (Phi) is 7.87. The highest BCUT2D eigenvalue weighted by atomic mass is 19.4. The van der Waals surface area contributed by atoms with Gasteiger partial charge < -0.3 is 20.3 Å². The lowest BCUT2D eigenvalue weighted by Crippen LogP contribution is -2.42. The summed E-state index contributed by atoms with van der Waals surface area (Å²) in [6, 6.07) is 0.437. The summed E-state index contributed by atoms with van der Waals surface area (Å²) in [5.41, 5.74) is -0.803. The predicted molar refractivity (Wildman–Crippen MR) is 108 cm³/mol. The maximum absolute atomic E-state index is 13.0. The zero-order valence-corrected chi connectivity index (χ0v) is 17.5. The molecule has 0 aromatic carbocycles. The quantitative estimate of drug-likeness (QED) is 0.349. The zero-order chi connectivity index (χ0) is 24.2. The molecule has 1 saturated heterocycles. The van der Waals surface area contributed by atoms with Gasteiger partial charge in [0.15, 0.2) is 0 Å². The number of hydrogen-bond acceptors (Lipinski definition) is 7. The fourth-order valence-corrected chi connectivity index (χ4v) is 3.95. The third-order valence-corrected chi connectivity index (χ3v) is 5.68. The lowest BCUT2D eigenvalue weighted by molar-refractivity contribution is -0.384. The average Bonchev–Trinajstić information content (AvgIpc) is 2.77. The van der Waals surface area contributed by atoms with Gasteiger partial charge in [0.05, 0.1) is 36.2 Å². The van der Waals surface area contributed by atoms with Gasteiger partial charge in [0.2, 0.25) is 5.82 Å². The molecule has 1 aromatic heterocycles. The molecule has 14 heteroatoms. The van der Waals surface area contributed by atoms with Crippen LogP contribution in [0.3, 0.4) is 0 Å². The Morgan fingerprint density at radius 3 is 2.42 bits per heavy atom. The molecule has 1 aliphatic carbocycles. The Morgan fingerprint density at radius 1 is 1.24 bits per heavy atom. The Labute approximate surface area is 185 Å². The van der Waals surface area contributed by atoms with E-state index in [1.807, 2.05) is 0 Å². The second-order valence-corrected chi connectivity index (χ2v) is 7.92. The fraction of sp³-hybridized carbons (Fsp3) is 0.684. The Balaban J connectivity index is 1.86. The lowest BCUT2D eigenvalue weighted by Gasteiger charge is -2.32. The lowest BCUT2D eigenvalue weighted by atomic mass is 9.85. The second-order valence-electron chi connectivity index (χ2n) is 7.92. The number of aromatic nitrogens is 1. The molecule has 184 valence electrons. The van der Waals surface area contributed by atoms with E-state index in [4.69, 9.17) is 4.74 Å². The molecule has 2 aliphatic rings. The van der Waals surface area contributed by atoms with Crippen LogP contribution in [0.15, 0.2) is 6.07 Å². The van der Waals surface area contributed by atoms with Gasteiger partial charge in [-0.3, -0.25) is 14.9 Å². The number of ether oxygens (including phenoxy) is 1. The van der Waals surface area contributed by atoms with Gasteiger partial charge in [-0.05, 0) is 25.7 Å². The summed E-state index contributed by atoms with van der Waals surface area (Å²) in [6.07, 6.45) is -7.09. The first kappa shape index (κ1) is 24.9. The van der Waals surface area contributed by atoms with Gasteiger partial charge in [-0.2, -0.15) is 13.2 Å². The topological polar surface area (TPSA) is 110 Å². The third-order valence-electron chi connectivity index (χ3n) is 5.68. The van der Waals surface area contributed by atoms with Crippen LogP contribution in [0.5, 0.6) is 0 Å². The van der Waals surface area contributed by atoms with E-state index in [2.05, 4.69) is 15.6 Å². The summed E-state index contributed by atoms with van der Waals surface area (Å²) in [5, 5.41) is 16.4. The zero-order valence-electron chi connectivity index (χ0n) is 17.5. The third kappa shape index (κ3) is 6.39. The van der Waals surface area contributed by atoms with Crippen molar-refractivity contribution < 1.29 is 36.4 Å². The number of anilines is 2. The van der Waals surface area contributed by atoms with Gasteiger partial charge in [0.25, 0.3) is 12.3 Å². The molecule has 2 heterocycles. The minimum absolute atomic E-state index is 0.0575. The Hall–Kier alpha value is -2.77. The molecule has 1 amide bonds. The molecule has 0 atom stereocenters. The Bertz CT molecular complexity index is 856. The van der Waals surface area contributed by atoms with Gasteiger partial charge in [-0.25, -0.2) is 13.8 Å². The van der Waals surface area contributed by atoms with E-state index in [9.17, 15) is 36.9 Å². The van der Waals surface area contributed by atoms with Crippen molar-refractivity contribution in [1.29, 1.82) is 0 Å². The molecule has 1 saturated carbocycles. The standard InChI is InChI=1S/C19H24F5N5O4/c20-15(21)10-25-16-14(29(31)32)9-13(17(27-16)28-5-7-33-8-6-28)18(30)26-12-3-1-11(2-4-12)19(22,23)24/h9,11-12,15H,1-8,10H2,(H,25,27)(H,26,30). The van der Waals surface area contributed by atoms with Crippen molar-refractivity contribution in [1.82, 2.24) is 10.3 Å². The summed E-state index contributed by atoms with van der Waals surface area (Å²) in [6.45, 7) is 0.373. The molecule has 0 bridgehead atoms. The number of hydrogen-bond donors (Lipinski definition) is 2. The van der Waals surface area contributed by atoms with Crippen LogP contribution < -0.4 is 15.5 Å². The van der Waals surface area contributed by atoms with Crippen LogP contribution in [0, 0.1) is 16.0 Å². The predicted octanol–water partition coefficient (Wildman–Crippen LogP) is 3.35. The van der Waals surface area contributed by atoms with Crippen molar-refractivity contribution >= 4 is 23.2 Å². The maximum atomic E-state index is 13.0. The number of nitrogens with zero attached hydrogens (tertiary/aromatic N) is 3. The average molecular weight is 481 g/mol. The molecule has 0 unspecified atom stereocenters. The number of morpholine rings is 1. The van der Waals surface area contributed by atoms with Crippen molar-refractivity contribution in [2.75, 3.05) is 43.1 Å². The second kappa shape index (κ2) is 10.4. The van der Waals surface area contributed by atoms with Crippen LogP contribution in [-0.4, -0.2) is 67.3 Å². The van der Waals surface area contributed by atoms with Crippen LogP contribution >= 0.6 is 0 Å². The molecule has 3 rings (SSSR count). The highest BCUT2D eigenvalue weighted by Crippen LogP contribution is 2.38. The van der Waals surface area contributed by atoms with Crippen LogP contribution in [0.4, 0.5) is 39.3 Å². The van der Waals surface area contributed by atoms with Gasteiger partial charge >= 0.3 is 11.9 Å². The first-order valence-corrected chi connectivity index (χ1v) is 10.5. The van der Waals surface area contributed by atoms with Crippen LogP contribution in [0.1, 0.15) is 36.0 Å².